The topological polar surface area (TPSA) is 58.8 Å². The zero-order valence-corrected chi connectivity index (χ0v) is 12.0. The standard InChI is InChI=1S/C5H11NP.2HI.H3N/c1-7(2,3)5-4-6;;;/h5H2,1-3H3;2*1H;1H3/q+1;;;/p-1. The molecule has 0 aliphatic carbocycles. The minimum Gasteiger partial charge on any atom is -1.00 e. The van der Waals surface area contributed by atoms with Crippen LogP contribution in [0, 0.1) is 11.3 Å². The molecule has 3 N–H and O–H groups in total. The quantitative estimate of drug-likeness (QED) is 0.473. The van der Waals surface area contributed by atoms with Crippen molar-refractivity contribution in [3.63, 3.8) is 0 Å². The Morgan fingerprint density at radius 1 is 1.30 bits per heavy atom. The summed E-state index contributed by atoms with van der Waals surface area (Å²) in [6.45, 7) is 6.49. The van der Waals surface area contributed by atoms with E-state index in [1.807, 2.05) is 0 Å². The summed E-state index contributed by atoms with van der Waals surface area (Å²) >= 11 is 0. The maximum atomic E-state index is 8.18. The van der Waals surface area contributed by atoms with Crippen LogP contribution >= 0.6 is 31.2 Å². The average Bonchev–Trinajstić information content (AvgIpc) is 1.30. The Labute approximate surface area is 98.1 Å². The molecule has 10 heavy (non-hydrogen) atoms. The minimum atomic E-state index is -0.777. The van der Waals surface area contributed by atoms with Crippen molar-refractivity contribution < 1.29 is 24.0 Å². The molecule has 0 rings (SSSR count). The largest absolute Gasteiger partial charge is 1.00 e. The van der Waals surface area contributed by atoms with Crippen molar-refractivity contribution in [1.82, 2.24) is 6.15 Å². The fourth-order valence-electron chi connectivity index (χ4n) is 0.212. The number of rotatable bonds is 1. The molecule has 0 atom stereocenters. The summed E-state index contributed by atoms with van der Waals surface area (Å²) in [6, 6.07) is 2.16. The van der Waals surface area contributed by atoms with Crippen molar-refractivity contribution in [3.05, 3.63) is 0 Å². The molecule has 0 aliphatic rings. The van der Waals surface area contributed by atoms with Gasteiger partial charge < -0.3 is 30.1 Å². The third-order valence-corrected chi connectivity index (χ3v) is 1.64. The van der Waals surface area contributed by atoms with Gasteiger partial charge in [0.2, 0.25) is 0 Å². The summed E-state index contributed by atoms with van der Waals surface area (Å²) in [6.07, 6.45) is 0.757. The molecule has 0 aromatic carbocycles. The monoisotopic (exact) mass is 388 g/mol. The Morgan fingerprint density at radius 2 is 1.60 bits per heavy atom. The second-order valence-corrected chi connectivity index (χ2v) is 7.50. The molecule has 0 saturated heterocycles. The van der Waals surface area contributed by atoms with E-state index in [1.54, 1.807) is 0 Å². The van der Waals surface area contributed by atoms with Crippen LogP contribution in [0.15, 0.2) is 0 Å². The van der Waals surface area contributed by atoms with Gasteiger partial charge in [-0.2, -0.15) is 5.26 Å². The van der Waals surface area contributed by atoms with Gasteiger partial charge in [-0.1, -0.05) is 0 Å². The third kappa shape index (κ3) is 22.8. The summed E-state index contributed by atoms with van der Waals surface area (Å²) in [5.41, 5.74) is 0. The first-order valence-corrected chi connectivity index (χ1v) is 5.55. The van der Waals surface area contributed by atoms with Gasteiger partial charge in [0.05, 0.1) is 0 Å². The van der Waals surface area contributed by atoms with Crippen molar-refractivity contribution >= 4 is 31.2 Å². The summed E-state index contributed by atoms with van der Waals surface area (Å²) in [5.74, 6) is 0. The summed E-state index contributed by atoms with van der Waals surface area (Å²) < 4.78 is 0. The molecule has 0 aromatic rings. The van der Waals surface area contributed by atoms with Gasteiger partial charge in [0.25, 0.3) is 0 Å². The highest BCUT2D eigenvalue weighted by Gasteiger charge is 2.14. The molecule has 0 fully saturated rings. The van der Waals surface area contributed by atoms with E-state index in [4.69, 9.17) is 5.26 Å². The molecular weight excluding hydrogens is 373 g/mol. The molecule has 0 heterocycles. The van der Waals surface area contributed by atoms with E-state index >= 15 is 0 Å². The van der Waals surface area contributed by atoms with Gasteiger partial charge >= 0.3 is 0 Å². The number of hydrogen-bond acceptors (Lipinski definition) is 2. The lowest BCUT2D eigenvalue weighted by Gasteiger charge is -2.03. The van der Waals surface area contributed by atoms with Crippen LogP contribution in [0.25, 0.3) is 0 Å². The second-order valence-electron chi connectivity index (χ2n) is 2.61. The normalized spacial score (nSPS) is 7.40. The summed E-state index contributed by atoms with van der Waals surface area (Å²) in [5, 5.41) is 8.18. The Kier molecular flexibility index (Phi) is 23.3. The van der Waals surface area contributed by atoms with E-state index in [0.29, 0.717) is 0 Å². The average molecular weight is 388 g/mol. The smallest absolute Gasteiger partial charge is 0.144 e. The predicted octanol–water partition coefficient (Wildman–Crippen LogP) is -0.799. The third-order valence-electron chi connectivity index (χ3n) is 0.545. The lowest BCUT2D eigenvalue weighted by Crippen LogP contribution is -3.00. The van der Waals surface area contributed by atoms with E-state index in [9.17, 15) is 0 Å². The molecule has 0 amide bonds. The van der Waals surface area contributed by atoms with Crippen molar-refractivity contribution in [2.24, 2.45) is 0 Å². The van der Waals surface area contributed by atoms with E-state index < -0.39 is 7.26 Å². The highest BCUT2D eigenvalue weighted by Crippen LogP contribution is 2.45. The number of halogens is 2. The van der Waals surface area contributed by atoms with Crippen molar-refractivity contribution in [3.8, 4) is 6.07 Å². The van der Waals surface area contributed by atoms with E-state index in [-0.39, 0.29) is 54.1 Å². The molecule has 0 aromatic heterocycles. The van der Waals surface area contributed by atoms with Crippen LogP contribution in [0.5, 0.6) is 0 Å². The van der Waals surface area contributed by atoms with Crippen LogP contribution in [0.1, 0.15) is 0 Å². The van der Waals surface area contributed by atoms with Crippen LogP contribution in [0.2, 0.25) is 0 Å². The fourth-order valence-corrected chi connectivity index (χ4v) is 0.636. The van der Waals surface area contributed by atoms with Crippen LogP contribution in [0.3, 0.4) is 0 Å². The first kappa shape index (κ1) is 22.5. The number of hydrogen-bond donors (Lipinski definition) is 1. The summed E-state index contributed by atoms with van der Waals surface area (Å²) in [7, 11) is -0.777. The van der Waals surface area contributed by atoms with Crippen LogP contribution < -0.4 is 30.1 Å². The number of nitriles is 1. The van der Waals surface area contributed by atoms with Crippen LogP contribution in [-0.2, 0) is 0 Å². The molecule has 0 unspecified atom stereocenters. The van der Waals surface area contributed by atoms with Gasteiger partial charge in [-0.15, -0.1) is 24.0 Å². The maximum Gasteiger partial charge on any atom is 0.144 e. The Morgan fingerprint density at radius 3 is 1.60 bits per heavy atom. The molecule has 0 saturated carbocycles. The maximum absolute atomic E-state index is 8.18. The first-order valence-electron chi connectivity index (χ1n) is 2.24. The first-order chi connectivity index (χ1) is 3.06. The fraction of sp³-hybridized carbons (Fsp3) is 0.800. The molecule has 0 radical (unpaired) electrons. The van der Waals surface area contributed by atoms with Crippen molar-refractivity contribution in [1.29, 1.82) is 5.26 Å². The molecule has 0 aliphatic heterocycles. The Bertz CT molecular complexity index is 94.8. The SMILES string of the molecule is C[P+](C)(C)CC#N.I.N.[I-]. The van der Waals surface area contributed by atoms with E-state index in [1.165, 1.54) is 0 Å². The molecule has 0 bridgehead atoms. The van der Waals surface area contributed by atoms with Gasteiger partial charge in [-0.05, 0) is 0 Å². The van der Waals surface area contributed by atoms with Gasteiger partial charge in [-0.25, -0.2) is 0 Å². The van der Waals surface area contributed by atoms with Crippen LogP contribution in [0.4, 0.5) is 0 Å². The second kappa shape index (κ2) is 10.3. The Hall–Kier alpha value is 1.34. The van der Waals surface area contributed by atoms with Gasteiger partial charge in [-0.3, -0.25) is 0 Å². The van der Waals surface area contributed by atoms with E-state index in [0.717, 1.165) is 6.16 Å². The van der Waals surface area contributed by atoms with E-state index in [2.05, 4.69) is 26.1 Å². The van der Waals surface area contributed by atoms with Crippen molar-refractivity contribution in [2.75, 3.05) is 26.2 Å². The highest BCUT2D eigenvalue weighted by atomic mass is 127. The van der Waals surface area contributed by atoms with Crippen LogP contribution in [-0.4, -0.2) is 26.2 Å². The molecular formula is C5H15I2N2P. The molecule has 2 nitrogen and oxygen atoms in total. The minimum absolute atomic E-state index is 0. The van der Waals surface area contributed by atoms with Gasteiger partial charge in [0.1, 0.15) is 12.2 Å². The lowest BCUT2D eigenvalue weighted by molar-refractivity contribution is -0.00000263. The highest BCUT2D eigenvalue weighted by molar-refractivity contribution is 14.0. The zero-order valence-electron chi connectivity index (χ0n) is 6.59. The predicted molar refractivity (Wildman–Crippen MR) is 55.6 cm³/mol. The molecule has 0 spiro atoms. The molecule has 64 valence electrons. The summed E-state index contributed by atoms with van der Waals surface area (Å²) in [4.78, 5) is 0. The lowest BCUT2D eigenvalue weighted by atomic mass is 10.9. The number of nitrogens with zero attached hydrogens (tertiary/aromatic N) is 1. The Balaban J connectivity index is -0.0000000600. The van der Waals surface area contributed by atoms with Crippen molar-refractivity contribution in [2.45, 2.75) is 0 Å². The molecule has 5 heteroatoms. The van der Waals surface area contributed by atoms with Gasteiger partial charge in [0, 0.05) is 27.3 Å². The van der Waals surface area contributed by atoms with Gasteiger partial charge in [0.15, 0.2) is 0 Å². The zero-order chi connectivity index (χ0) is 5.91.